The molecule has 0 spiro atoms. The molecule has 0 aliphatic carbocycles. The van der Waals surface area contributed by atoms with Gasteiger partial charge in [0.05, 0.1) is 4.90 Å². The first kappa shape index (κ1) is 16.1. The summed E-state index contributed by atoms with van der Waals surface area (Å²) in [7, 11) is -3.56. The van der Waals surface area contributed by atoms with Gasteiger partial charge < -0.3 is 5.11 Å². The summed E-state index contributed by atoms with van der Waals surface area (Å²) in [5.74, 6) is 0. The monoisotopic (exact) mass is 285 g/mol. The quantitative estimate of drug-likeness (QED) is 0.841. The maximum Gasteiger partial charge on any atom is 0.241 e. The Hall–Kier alpha value is -0.910. The summed E-state index contributed by atoms with van der Waals surface area (Å²) in [5.41, 5.74) is 1.14. The van der Waals surface area contributed by atoms with Crippen LogP contribution in [0.2, 0.25) is 0 Å². The largest absolute Gasteiger partial charge is 0.396 e. The average Bonchev–Trinajstić information content (AvgIpc) is 2.27. The molecule has 4 nitrogen and oxygen atoms in total. The van der Waals surface area contributed by atoms with Crippen LogP contribution < -0.4 is 4.72 Å². The highest BCUT2D eigenvalue weighted by molar-refractivity contribution is 7.89. The molecule has 2 N–H and O–H groups in total. The fourth-order valence-corrected chi connectivity index (χ4v) is 3.76. The van der Waals surface area contributed by atoms with Crippen molar-refractivity contribution in [2.45, 2.75) is 51.0 Å². The van der Waals surface area contributed by atoms with Gasteiger partial charge in [-0.3, -0.25) is 0 Å². The number of aliphatic hydroxyl groups is 1. The second-order valence-corrected chi connectivity index (χ2v) is 6.91. The van der Waals surface area contributed by atoms with Crippen LogP contribution in [0.1, 0.15) is 37.8 Å². The van der Waals surface area contributed by atoms with E-state index in [0.29, 0.717) is 17.7 Å². The van der Waals surface area contributed by atoms with Crippen LogP contribution in [0.4, 0.5) is 0 Å². The molecule has 0 saturated heterocycles. The van der Waals surface area contributed by atoms with E-state index in [2.05, 4.69) is 4.72 Å². The van der Waals surface area contributed by atoms with E-state index in [1.54, 1.807) is 19.1 Å². The third kappa shape index (κ3) is 4.03. The van der Waals surface area contributed by atoms with E-state index in [4.69, 9.17) is 5.11 Å². The Morgan fingerprint density at radius 3 is 2.42 bits per heavy atom. The third-order valence-electron chi connectivity index (χ3n) is 3.44. The lowest BCUT2D eigenvalue weighted by Crippen LogP contribution is -2.46. The van der Waals surface area contributed by atoms with E-state index >= 15 is 0 Å². The van der Waals surface area contributed by atoms with Gasteiger partial charge in [-0.05, 0) is 45.2 Å². The average molecular weight is 285 g/mol. The molecule has 0 aliphatic rings. The number of aliphatic hydroxyl groups excluding tert-OH is 1. The number of rotatable bonds is 6. The molecule has 0 bridgehead atoms. The summed E-state index contributed by atoms with van der Waals surface area (Å²) in [6.45, 7) is 7.39. The van der Waals surface area contributed by atoms with Crippen molar-refractivity contribution in [2.24, 2.45) is 0 Å². The molecule has 0 aromatic heterocycles. The fraction of sp³-hybridized carbons (Fsp3) is 0.571. The zero-order valence-corrected chi connectivity index (χ0v) is 12.8. The first-order chi connectivity index (χ1) is 8.74. The van der Waals surface area contributed by atoms with Crippen LogP contribution in [-0.2, 0) is 10.0 Å². The summed E-state index contributed by atoms with van der Waals surface area (Å²) < 4.78 is 27.6. The van der Waals surface area contributed by atoms with Gasteiger partial charge in [-0.2, -0.15) is 0 Å². The molecular weight excluding hydrogens is 262 g/mol. The second kappa shape index (κ2) is 6.03. The summed E-state index contributed by atoms with van der Waals surface area (Å²) in [6.07, 6.45) is 1.02. The van der Waals surface area contributed by atoms with Gasteiger partial charge in [0.2, 0.25) is 10.0 Å². The van der Waals surface area contributed by atoms with E-state index in [0.717, 1.165) is 11.1 Å². The lowest BCUT2D eigenvalue weighted by atomic mass is 9.97. The Bertz CT molecular complexity index is 540. The van der Waals surface area contributed by atoms with Crippen molar-refractivity contribution < 1.29 is 13.5 Å². The second-order valence-electron chi connectivity index (χ2n) is 5.26. The summed E-state index contributed by atoms with van der Waals surface area (Å²) >= 11 is 0. The minimum Gasteiger partial charge on any atom is -0.396 e. The van der Waals surface area contributed by atoms with Crippen LogP contribution in [-0.4, -0.2) is 25.7 Å². The molecule has 0 fully saturated rings. The van der Waals surface area contributed by atoms with Gasteiger partial charge in [0.15, 0.2) is 0 Å². The van der Waals surface area contributed by atoms with Gasteiger partial charge in [0.25, 0.3) is 0 Å². The van der Waals surface area contributed by atoms with E-state index in [9.17, 15) is 8.42 Å². The molecule has 1 atom stereocenters. The van der Waals surface area contributed by atoms with Crippen molar-refractivity contribution in [1.82, 2.24) is 4.72 Å². The van der Waals surface area contributed by atoms with E-state index in [1.807, 2.05) is 26.8 Å². The molecule has 0 radical (unpaired) electrons. The van der Waals surface area contributed by atoms with Crippen LogP contribution in [0.5, 0.6) is 0 Å². The lowest BCUT2D eigenvalue weighted by Gasteiger charge is -2.28. The topological polar surface area (TPSA) is 66.4 Å². The zero-order chi connectivity index (χ0) is 14.7. The van der Waals surface area contributed by atoms with Crippen LogP contribution in [0.3, 0.4) is 0 Å². The Kier molecular flexibility index (Phi) is 5.12. The highest BCUT2D eigenvalue weighted by atomic mass is 32.2. The van der Waals surface area contributed by atoms with Gasteiger partial charge in [0.1, 0.15) is 0 Å². The first-order valence-electron chi connectivity index (χ1n) is 6.46. The van der Waals surface area contributed by atoms with Crippen LogP contribution in [0, 0.1) is 13.8 Å². The van der Waals surface area contributed by atoms with Crippen molar-refractivity contribution in [2.75, 3.05) is 6.61 Å². The molecule has 1 rings (SSSR count). The molecule has 1 aromatic rings. The molecule has 1 aromatic carbocycles. The van der Waals surface area contributed by atoms with E-state index in [1.165, 1.54) is 0 Å². The Labute approximate surface area is 115 Å². The Morgan fingerprint density at radius 2 is 1.95 bits per heavy atom. The number of hydrogen-bond donors (Lipinski definition) is 2. The highest BCUT2D eigenvalue weighted by Crippen LogP contribution is 2.21. The van der Waals surface area contributed by atoms with Crippen molar-refractivity contribution >= 4 is 10.0 Å². The SMILES string of the molecule is CCC(C)(CCO)NS(=O)(=O)c1ccc(C)cc1C. The number of sulfonamides is 1. The van der Waals surface area contributed by atoms with Gasteiger partial charge in [0, 0.05) is 12.1 Å². The molecule has 5 heteroatoms. The Morgan fingerprint density at radius 1 is 1.32 bits per heavy atom. The van der Waals surface area contributed by atoms with Crippen molar-refractivity contribution in [1.29, 1.82) is 0 Å². The molecule has 0 aliphatic heterocycles. The number of hydrogen-bond acceptors (Lipinski definition) is 3. The zero-order valence-electron chi connectivity index (χ0n) is 12.0. The third-order valence-corrected chi connectivity index (χ3v) is 5.24. The van der Waals surface area contributed by atoms with Gasteiger partial charge >= 0.3 is 0 Å². The minimum atomic E-state index is -3.56. The fourth-order valence-electron chi connectivity index (χ4n) is 2.03. The predicted molar refractivity (Wildman–Crippen MR) is 76.6 cm³/mol. The van der Waals surface area contributed by atoms with Crippen LogP contribution in [0.15, 0.2) is 23.1 Å². The van der Waals surface area contributed by atoms with E-state index in [-0.39, 0.29) is 6.61 Å². The molecule has 1 unspecified atom stereocenters. The van der Waals surface area contributed by atoms with Crippen molar-refractivity contribution in [3.8, 4) is 0 Å². The number of nitrogens with one attached hydrogen (secondary N) is 1. The molecule has 108 valence electrons. The molecule has 0 saturated carbocycles. The minimum absolute atomic E-state index is 0.0419. The van der Waals surface area contributed by atoms with Crippen LogP contribution >= 0.6 is 0 Å². The maximum atomic E-state index is 12.4. The van der Waals surface area contributed by atoms with Gasteiger partial charge in [-0.15, -0.1) is 0 Å². The van der Waals surface area contributed by atoms with Crippen LogP contribution in [0.25, 0.3) is 0 Å². The lowest BCUT2D eigenvalue weighted by molar-refractivity contribution is 0.233. The summed E-state index contributed by atoms with van der Waals surface area (Å²) in [4.78, 5) is 0.302. The smallest absolute Gasteiger partial charge is 0.241 e. The van der Waals surface area contributed by atoms with Crippen molar-refractivity contribution in [3.05, 3.63) is 29.3 Å². The summed E-state index contributed by atoms with van der Waals surface area (Å²) in [6, 6.07) is 5.27. The van der Waals surface area contributed by atoms with Gasteiger partial charge in [-0.1, -0.05) is 24.6 Å². The normalized spacial score (nSPS) is 15.2. The standard InChI is InChI=1S/C14H23NO3S/c1-5-14(4,8-9-16)15-19(17,18)13-7-6-11(2)10-12(13)3/h6-7,10,15-16H,5,8-9H2,1-4H3. The predicted octanol–water partition coefficient (Wildman–Crippen LogP) is 2.13. The molecular formula is C14H23NO3S. The molecule has 0 amide bonds. The first-order valence-corrected chi connectivity index (χ1v) is 7.94. The maximum absolute atomic E-state index is 12.4. The highest BCUT2D eigenvalue weighted by Gasteiger charge is 2.29. The number of benzene rings is 1. The summed E-state index contributed by atoms with van der Waals surface area (Å²) in [5, 5.41) is 9.06. The number of aryl methyl sites for hydroxylation is 2. The Balaban J connectivity index is 3.10. The van der Waals surface area contributed by atoms with E-state index < -0.39 is 15.6 Å². The molecule has 19 heavy (non-hydrogen) atoms. The van der Waals surface area contributed by atoms with Crippen molar-refractivity contribution in [3.63, 3.8) is 0 Å². The molecule has 0 heterocycles. The van der Waals surface area contributed by atoms with Gasteiger partial charge in [-0.25, -0.2) is 13.1 Å².